The Bertz CT molecular complexity index is 1020. The molecule has 4 aromatic heterocycles. The van der Waals surface area contributed by atoms with Crippen LogP contribution in [-0.4, -0.2) is 39.5 Å². The highest BCUT2D eigenvalue weighted by molar-refractivity contribution is 6.30. The van der Waals surface area contributed by atoms with Gasteiger partial charge in [0.2, 0.25) is 5.78 Å². The molecule has 4 rings (SSSR count). The molecule has 12 heteroatoms. The Morgan fingerprint density at radius 2 is 2.00 bits per heavy atom. The van der Waals surface area contributed by atoms with Crippen LogP contribution < -0.4 is 0 Å². The van der Waals surface area contributed by atoms with Crippen molar-refractivity contribution in [3.8, 4) is 22.9 Å². The van der Waals surface area contributed by atoms with Crippen molar-refractivity contribution in [2.45, 2.75) is 6.18 Å². The number of alkyl halides is 3. The summed E-state index contributed by atoms with van der Waals surface area (Å²) in [4.78, 5) is 18.5. The summed E-state index contributed by atoms with van der Waals surface area (Å²) in [6.45, 7) is 0. The number of fused-ring (bicyclic) bond motifs is 1. The fourth-order valence-electron chi connectivity index (χ4n) is 2.21. The zero-order chi connectivity index (χ0) is 16.9. The van der Waals surface area contributed by atoms with Crippen molar-refractivity contribution < 1.29 is 13.2 Å². The number of nitrogens with one attached hydrogen (secondary N) is 2. The summed E-state index contributed by atoms with van der Waals surface area (Å²) in [6, 6.07) is 0. The van der Waals surface area contributed by atoms with Gasteiger partial charge < -0.3 is 4.98 Å². The molecule has 0 radical (unpaired) electrons. The highest BCUT2D eigenvalue weighted by Crippen LogP contribution is 2.32. The van der Waals surface area contributed by atoms with Crippen LogP contribution in [0.25, 0.3) is 28.7 Å². The van der Waals surface area contributed by atoms with Crippen LogP contribution in [0.1, 0.15) is 5.82 Å². The van der Waals surface area contributed by atoms with Crippen LogP contribution in [-0.2, 0) is 6.18 Å². The molecule has 4 heterocycles. The van der Waals surface area contributed by atoms with Crippen LogP contribution in [0.2, 0.25) is 5.02 Å². The molecule has 0 unspecified atom stereocenters. The van der Waals surface area contributed by atoms with Crippen LogP contribution in [0.4, 0.5) is 13.2 Å². The van der Waals surface area contributed by atoms with Crippen LogP contribution in [0.5, 0.6) is 0 Å². The number of H-pyrrole nitrogens is 2. The molecule has 24 heavy (non-hydrogen) atoms. The Morgan fingerprint density at radius 1 is 1.17 bits per heavy atom. The SMILES string of the molecule is FC(F)(F)c1n[nH]c(-c2nc3ncc(Cl)cn3c2-c2cnc[nH]2)n1. The van der Waals surface area contributed by atoms with E-state index in [0.29, 0.717) is 16.4 Å². The number of aromatic amines is 2. The number of aromatic nitrogens is 8. The molecule has 122 valence electrons. The van der Waals surface area contributed by atoms with Gasteiger partial charge in [0.05, 0.1) is 29.4 Å². The van der Waals surface area contributed by atoms with Gasteiger partial charge in [0.25, 0.3) is 5.82 Å². The summed E-state index contributed by atoms with van der Waals surface area (Å²) in [7, 11) is 0. The van der Waals surface area contributed by atoms with Gasteiger partial charge in [0, 0.05) is 6.20 Å². The molecule has 0 aliphatic heterocycles. The standard InChI is InChI=1S/C12H6ClF3N8/c13-5-1-18-11-20-7(9-21-10(23-22-9)12(14,15)16)8(24(11)3-5)6-2-17-4-19-6/h1-4H,(H,17,19)(H,21,22,23). The van der Waals surface area contributed by atoms with E-state index in [1.807, 2.05) is 0 Å². The maximum absolute atomic E-state index is 12.7. The van der Waals surface area contributed by atoms with Crippen LogP contribution in [0.3, 0.4) is 0 Å². The summed E-state index contributed by atoms with van der Waals surface area (Å²) in [5, 5.41) is 5.78. The molecule has 0 aromatic carbocycles. The van der Waals surface area contributed by atoms with Crippen molar-refractivity contribution in [1.29, 1.82) is 0 Å². The third-order valence-corrected chi connectivity index (χ3v) is 3.36. The predicted molar refractivity (Wildman–Crippen MR) is 76.0 cm³/mol. The van der Waals surface area contributed by atoms with Crippen molar-refractivity contribution in [3.05, 3.63) is 35.8 Å². The molecule has 0 spiro atoms. The Hall–Kier alpha value is -2.95. The van der Waals surface area contributed by atoms with Crippen molar-refractivity contribution in [3.63, 3.8) is 0 Å². The molecule has 0 saturated carbocycles. The first-order valence-corrected chi connectivity index (χ1v) is 6.83. The number of hydrogen-bond acceptors (Lipinski definition) is 5. The average Bonchev–Trinajstić information content (AvgIpc) is 3.24. The summed E-state index contributed by atoms with van der Waals surface area (Å²) < 4.78 is 39.7. The second-order valence-corrected chi connectivity index (χ2v) is 5.16. The number of nitrogens with zero attached hydrogens (tertiary/aromatic N) is 6. The van der Waals surface area contributed by atoms with Crippen LogP contribution >= 0.6 is 11.6 Å². The highest BCUT2D eigenvalue weighted by atomic mass is 35.5. The highest BCUT2D eigenvalue weighted by Gasteiger charge is 2.36. The van der Waals surface area contributed by atoms with Crippen molar-refractivity contribution in [2.24, 2.45) is 0 Å². The molecule has 0 aliphatic rings. The number of rotatable bonds is 2. The Labute approximate surface area is 135 Å². The molecule has 0 aliphatic carbocycles. The molecule has 0 saturated heterocycles. The zero-order valence-corrected chi connectivity index (χ0v) is 12.3. The van der Waals surface area contributed by atoms with Gasteiger partial charge in [-0.15, -0.1) is 5.10 Å². The van der Waals surface area contributed by atoms with E-state index in [-0.39, 0.29) is 17.3 Å². The molecular formula is C12H6ClF3N8. The molecule has 2 N–H and O–H groups in total. The van der Waals surface area contributed by atoms with Crippen molar-refractivity contribution in [1.82, 2.24) is 39.5 Å². The monoisotopic (exact) mass is 354 g/mol. The van der Waals surface area contributed by atoms with Gasteiger partial charge in [-0.2, -0.15) is 13.2 Å². The Morgan fingerprint density at radius 3 is 2.67 bits per heavy atom. The Balaban J connectivity index is 1.98. The van der Waals surface area contributed by atoms with E-state index < -0.39 is 12.0 Å². The second-order valence-electron chi connectivity index (χ2n) is 4.72. The summed E-state index contributed by atoms with van der Waals surface area (Å²) in [5.74, 6) is -1.19. The van der Waals surface area contributed by atoms with Crippen LogP contribution in [0, 0.1) is 0 Å². The van der Waals surface area contributed by atoms with Gasteiger partial charge in [0.1, 0.15) is 11.4 Å². The minimum atomic E-state index is -4.66. The Kier molecular flexibility index (Phi) is 3.06. The normalized spacial score (nSPS) is 12.2. The van der Waals surface area contributed by atoms with Crippen molar-refractivity contribution in [2.75, 3.05) is 0 Å². The lowest BCUT2D eigenvalue weighted by atomic mass is 10.2. The topological polar surface area (TPSA) is 100 Å². The van der Waals surface area contributed by atoms with E-state index in [1.54, 1.807) is 0 Å². The van der Waals surface area contributed by atoms with Gasteiger partial charge in [-0.3, -0.25) is 9.50 Å². The average molecular weight is 355 g/mol. The van der Waals surface area contributed by atoms with Gasteiger partial charge in [0.15, 0.2) is 5.82 Å². The molecule has 0 bridgehead atoms. The maximum atomic E-state index is 12.7. The molecule has 0 atom stereocenters. The molecule has 4 aromatic rings. The minimum absolute atomic E-state index is 0.136. The molecule has 0 amide bonds. The maximum Gasteiger partial charge on any atom is 0.453 e. The lowest BCUT2D eigenvalue weighted by Gasteiger charge is -2.01. The summed E-state index contributed by atoms with van der Waals surface area (Å²) in [5.41, 5.74) is 1.05. The largest absolute Gasteiger partial charge is 0.453 e. The fraction of sp³-hybridized carbons (Fsp3) is 0.0833. The van der Waals surface area contributed by atoms with Crippen LogP contribution in [0.15, 0.2) is 24.9 Å². The first-order valence-electron chi connectivity index (χ1n) is 6.46. The number of imidazole rings is 2. The number of halogens is 4. The van der Waals surface area contributed by atoms with Gasteiger partial charge in [-0.1, -0.05) is 11.6 Å². The zero-order valence-electron chi connectivity index (χ0n) is 11.5. The minimum Gasteiger partial charge on any atom is -0.343 e. The number of hydrogen-bond donors (Lipinski definition) is 2. The lowest BCUT2D eigenvalue weighted by molar-refractivity contribution is -0.144. The summed E-state index contributed by atoms with van der Waals surface area (Å²) >= 11 is 5.95. The first kappa shape index (κ1) is 14.6. The van der Waals surface area contributed by atoms with E-state index in [0.717, 1.165) is 0 Å². The molecule has 0 fully saturated rings. The van der Waals surface area contributed by atoms with Gasteiger partial charge >= 0.3 is 6.18 Å². The fourth-order valence-corrected chi connectivity index (χ4v) is 2.36. The second kappa shape index (κ2) is 5.03. The summed E-state index contributed by atoms with van der Waals surface area (Å²) in [6.07, 6.45) is 1.18. The van der Waals surface area contributed by atoms with Gasteiger partial charge in [-0.25, -0.2) is 19.9 Å². The van der Waals surface area contributed by atoms with Crippen molar-refractivity contribution >= 4 is 17.4 Å². The quantitative estimate of drug-likeness (QED) is 0.576. The van der Waals surface area contributed by atoms with E-state index in [2.05, 4.69) is 35.1 Å². The third-order valence-electron chi connectivity index (χ3n) is 3.16. The predicted octanol–water partition coefficient (Wildman–Crippen LogP) is 2.58. The smallest absolute Gasteiger partial charge is 0.343 e. The third kappa shape index (κ3) is 2.29. The van der Waals surface area contributed by atoms with E-state index >= 15 is 0 Å². The van der Waals surface area contributed by atoms with E-state index in [9.17, 15) is 13.2 Å². The van der Waals surface area contributed by atoms with E-state index in [4.69, 9.17) is 11.6 Å². The van der Waals surface area contributed by atoms with E-state index in [1.165, 1.54) is 29.3 Å². The first-order chi connectivity index (χ1) is 11.4. The lowest BCUT2D eigenvalue weighted by Crippen LogP contribution is -2.07. The molecular weight excluding hydrogens is 349 g/mol. The van der Waals surface area contributed by atoms with Gasteiger partial charge in [-0.05, 0) is 0 Å². The molecule has 8 nitrogen and oxygen atoms in total.